The molecule has 2 rings (SSSR count). The molecule has 0 saturated heterocycles. The van der Waals surface area contributed by atoms with Crippen LogP contribution in [-0.2, 0) is 6.54 Å². The zero-order chi connectivity index (χ0) is 14.7. The van der Waals surface area contributed by atoms with Crippen molar-refractivity contribution in [2.45, 2.75) is 13.5 Å². The summed E-state index contributed by atoms with van der Waals surface area (Å²) >= 11 is 6.07. The van der Waals surface area contributed by atoms with E-state index >= 15 is 0 Å². The van der Waals surface area contributed by atoms with Crippen LogP contribution in [0.15, 0.2) is 24.4 Å². The first-order valence-corrected chi connectivity index (χ1v) is 6.48. The summed E-state index contributed by atoms with van der Waals surface area (Å²) in [7, 11) is 3.01. The smallest absolute Gasteiger partial charge is 0.220 e. The van der Waals surface area contributed by atoms with Crippen molar-refractivity contribution in [2.24, 2.45) is 0 Å². The number of methoxy groups -OCH3 is 2. The van der Waals surface area contributed by atoms with E-state index in [4.69, 9.17) is 21.1 Å². The Hall–Kier alpha value is -2.01. The third-order valence-electron chi connectivity index (χ3n) is 2.96. The molecule has 5 nitrogen and oxygen atoms in total. The highest BCUT2D eigenvalue weighted by Gasteiger charge is 2.25. The third-order valence-corrected chi connectivity index (χ3v) is 3.24. The monoisotopic (exact) mass is 294 g/mol. The second kappa shape index (κ2) is 5.96. The number of hydrogen-bond donors (Lipinski definition) is 0. The van der Waals surface area contributed by atoms with Gasteiger partial charge >= 0.3 is 0 Å². The molecule has 1 aromatic heterocycles. The average molecular weight is 295 g/mol. The molecular weight excluding hydrogens is 280 g/mol. The van der Waals surface area contributed by atoms with E-state index < -0.39 is 0 Å². The van der Waals surface area contributed by atoms with Crippen LogP contribution in [0.5, 0.6) is 11.5 Å². The lowest BCUT2D eigenvalue weighted by molar-refractivity contribution is 0.102. The number of aryl methyl sites for hydroxylation is 1. The minimum atomic E-state index is -0.274. The SMILES string of the molecule is CCn1ncc(Cl)c1C(=O)c1c(OC)cccc1OC. The van der Waals surface area contributed by atoms with Crippen LogP contribution in [-0.4, -0.2) is 29.8 Å². The maximum Gasteiger partial charge on any atom is 0.220 e. The van der Waals surface area contributed by atoms with Gasteiger partial charge in [-0.3, -0.25) is 9.48 Å². The number of carbonyl (C=O) groups excluding carboxylic acids is 1. The Morgan fingerprint density at radius 2 is 1.90 bits per heavy atom. The van der Waals surface area contributed by atoms with E-state index in [9.17, 15) is 4.79 Å². The van der Waals surface area contributed by atoms with E-state index in [2.05, 4.69) is 5.10 Å². The van der Waals surface area contributed by atoms with Crippen LogP contribution in [0.4, 0.5) is 0 Å². The summed E-state index contributed by atoms with van der Waals surface area (Å²) in [4.78, 5) is 12.8. The van der Waals surface area contributed by atoms with E-state index in [1.165, 1.54) is 20.4 Å². The van der Waals surface area contributed by atoms with Gasteiger partial charge in [-0.15, -0.1) is 0 Å². The standard InChI is InChI=1S/C14H15ClN2O3/c1-4-17-13(9(15)8-16-17)14(18)12-10(19-2)6-5-7-11(12)20-3/h5-8H,4H2,1-3H3. The number of hydrogen-bond acceptors (Lipinski definition) is 4. The van der Waals surface area contributed by atoms with Crippen molar-refractivity contribution in [1.82, 2.24) is 9.78 Å². The third kappa shape index (κ3) is 2.36. The van der Waals surface area contributed by atoms with Crippen LogP contribution in [0, 0.1) is 0 Å². The van der Waals surface area contributed by atoms with Crippen LogP contribution < -0.4 is 9.47 Å². The molecule has 106 valence electrons. The minimum Gasteiger partial charge on any atom is -0.496 e. The summed E-state index contributed by atoms with van der Waals surface area (Å²) < 4.78 is 12.0. The highest BCUT2D eigenvalue weighted by Crippen LogP contribution is 2.32. The number of nitrogens with zero attached hydrogens (tertiary/aromatic N) is 2. The number of aromatic nitrogens is 2. The molecule has 0 fully saturated rings. The summed E-state index contributed by atoms with van der Waals surface area (Å²) in [5.74, 6) is 0.604. The average Bonchev–Trinajstić information content (AvgIpc) is 2.86. The van der Waals surface area contributed by atoms with Gasteiger partial charge in [0.25, 0.3) is 0 Å². The molecule has 0 aliphatic rings. The first kappa shape index (κ1) is 14.4. The molecule has 1 heterocycles. The molecule has 20 heavy (non-hydrogen) atoms. The first-order valence-electron chi connectivity index (χ1n) is 6.11. The quantitative estimate of drug-likeness (QED) is 0.796. The fraction of sp³-hybridized carbons (Fsp3) is 0.286. The van der Waals surface area contributed by atoms with Gasteiger partial charge in [-0.25, -0.2) is 0 Å². The Bertz CT molecular complexity index is 615. The highest BCUT2D eigenvalue weighted by molar-refractivity contribution is 6.34. The fourth-order valence-electron chi connectivity index (χ4n) is 2.02. The van der Waals surface area contributed by atoms with Crippen molar-refractivity contribution in [3.8, 4) is 11.5 Å². The van der Waals surface area contributed by atoms with Crippen LogP contribution in [0.2, 0.25) is 5.02 Å². The van der Waals surface area contributed by atoms with Gasteiger partial charge in [0.2, 0.25) is 5.78 Å². The van der Waals surface area contributed by atoms with Gasteiger partial charge in [-0.2, -0.15) is 5.10 Å². The molecule has 2 aromatic rings. The fourth-order valence-corrected chi connectivity index (χ4v) is 2.25. The lowest BCUT2D eigenvalue weighted by Gasteiger charge is -2.12. The van der Waals surface area contributed by atoms with Crippen LogP contribution in [0.1, 0.15) is 23.0 Å². The topological polar surface area (TPSA) is 53.4 Å². The van der Waals surface area contributed by atoms with Gasteiger partial charge in [0.15, 0.2) is 0 Å². The predicted molar refractivity (Wildman–Crippen MR) is 75.9 cm³/mol. The van der Waals surface area contributed by atoms with E-state index in [-0.39, 0.29) is 5.78 Å². The van der Waals surface area contributed by atoms with Gasteiger partial charge in [-0.1, -0.05) is 17.7 Å². The lowest BCUT2D eigenvalue weighted by Crippen LogP contribution is -2.13. The van der Waals surface area contributed by atoms with Gasteiger partial charge in [0.1, 0.15) is 22.8 Å². The van der Waals surface area contributed by atoms with E-state index in [1.54, 1.807) is 22.9 Å². The second-order valence-electron chi connectivity index (χ2n) is 4.02. The number of ketones is 1. The number of rotatable bonds is 5. The molecule has 0 aliphatic carbocycles. The molecule has 0 atom stereocenters. The van der Waals surface area contributed by atoms with Gasteiger partial charge in [-0.05, 0) is 19.1 Å². The van der Waals surface area contributed by atoms with E-state index in [0.717, 1.165) is 0 Å². The van der Waals surface area contributed by atoms with Gasteiger partial charge in [0, 0.05) is 6.54 Å². The number of halogens is 1. The van der Waals surface area contributed by atoms with Gasteiger partial charge < -0.3 is 9.47 Å². The molecule has 0 N–H and O–H groups in total. The zero-order valence-electron chi connectivity index (χ0n) is 11.5. The molecule has 0 amide bonds. The Morgan fingerprint density at radius 1 is 1.30 bits per heavy atom. The molecule has 0 spiro atoms. The molecule has 0 unspecified atom stereocenters. The number of benzene rings is 1. The number of carbonyl (C=O) groups is 1. The van der Waals surface area contributed by atoms with Crippen molar-refractivity contribution in [2.75, 3.05) is 14.2 Å². The van der Waals surface area contributed by atoms with E-state index in [1.807, 2.05) is 6.92 Å². The van der Waals surface area contributed by atoms with Crippen molar-refractivity contribution >= 4 is 17.4 Å². The minimum absolute atomic E-state index is 0.274. The van der Waals surface area contributed by atoms with E-state index in [0.29, 0.717) is 34.3 Å². The van der Waals surface area contributed by atoms with Crippen LogP contribution in [0.25, 0.3) is 0 Å². The molecular formula is C14H15ClN2O3. The van der Waals surface area contributed by atoms with Gasteiger partial charge in [0.05, 0.1) is 25.4 Å². The van der Waals surface area contributed by atoms with Crippen LogP contribution >= 0.6 is 11.6 Å². The lowest BCUT2D eigenvalue weighted by atomic mass is 10.1. The Labute approximate surface area is 122 Å². The summed E-state index contributed by atoms with van der Waals surface area (Å²) in [6.45, 7) is 2.44. The summed E-state index contributed by atoms with van der Waals surface area (Å²) in [6.07, 6.45) is 1.46. The zero-order valence-corrected chi connectivity index (χ0v) is 12.3. The highest BCUT2D eigenvalue weighted by atomic mass is 35.5. The maximum atomic E-state index is 12.8. The molecule has 6 heteroatoms. The van der Waals surface area contributed by atoms with Crippen molar-refractivity contribution in [3.05, 3.63) is 40.7 Å². The molecule has 1 aromatic carbocycles. The second-order valence-corrected chi connectivity index (χ2v) is 4.43. The normalized spacial score (nSPS) is 10.4. The molecule has 0 bridgehead atoms. The summed E-state index contributed by atoms with van der Waals surface area (Å²) in [5.41, 5.74) is 0.673. The van der Waals surface area contributed by atoms with Crippen molar-refractivity contribution in [1.29, 1.82) is 0 Å². The largest absolute Gasteiger partial charge is 0.496 e. The number of ether oxygens (including phenoxy) is 2. The Morgan fingerprint density at radius 3 is 2.40 bits per heavy atom. The molecule has 0 aliphatic heterocycles. The molecule has 0 radical (unpaired) electrons. The first-order chi connectivity index (χ1) is 9.63. The van der Waals surface area contributed by atoms with Crippen LogP contribution in [0.3, 0.4) is 0 Å². The molecule has 0 saturated carbocycles. The van der Waals surface area contributed by atoms with Crippen molar-refractivity contribution < 1.29 is 14.3 Å². The Balaban J connectivity index is 2.61. The maximum absolute atomic E-state index is 12.8. The predicted octanol–water partition coefficient (Wildman–Crippen LogP) is 2.80. The Kier molecular flexibility index (Phi) is 4.29. The summed E-state index contributed by atoms with van der Waals surface area (Å²) in [5, 5.41) is 4.38. The van der Waals surface area contributed by atoms with Crippen molar-refractivity contribution in [3.63, 3.8) is 0 Å². The summed E-state index contributed by atoms with van der Waals surface area (Å²) in [6, 6.07) is 5.17.